The van der Waals surface area contributed by atoms with Crippen molar-refractivity contribution in [3.63, 3.8) is 0 Å². The van der Waals surface area contributed by atoms with Gasteiger partial charge in [0.05, 0.1) is 18.4 Å². The maximum Gasteiger partial charge on any atom is 0.251 e. The SMILES string of the molecule is CCOc1ccc([C@@H](CNC(=O)c2ccncc2)C(=O)NC[C@H](C(=O)NCc2ccc(CN)cc2)c2csc3ccccc23)cc1. The van der Waals surface area contributed by atoms with Gasteiger partial charge in [-0.25, -0.2) is 0 Å². The quantitative estimate of drug-likeness (QED) is 0.137. The van der Waals surface area contributed by atoms with Gasteiger partial charge in [-0.1, -0.05) is 54.6 Å². The van der Waals surface area contributed by atoms with Gasteiger partial charge >= 0.3 is 0 Å². The third kappa shape index (κ3) is 8.15. The molecule has 10 heteroatoms. The fourth-order valence-electron chi connectivity index (χ4n) is 5.17. The number of ether oxygens (including phenoxy) is 1. The number of benzene rings is 3. The van der Waals surface area contributed by atoms with Crippen LogP contribution in [0, 0.1) is 0 Å². The fourth-order valence-corrected chi connectivity index (χ4v) is 6.18. The van der Waals surface area contributed by atoms with Crippen LogP contribution in [-0.4, -0.2) is 42.4 Å². The zero-order chi connectivity index (χ0) is 32.3. The molecule has 9 nitrogen and oxygen atoms in total. The van der Waals surface area contributed by atoms with Crippen molar-refractivity contribution in [3.05, 3.63) is 131 Å². The highest BCUT2D eigenvalue weighted by molar-refractivity contribution is 7.17. The zero-order valence-corrected chi connectivity index (χ0v) is 26.4. The van der Waals surface area contributed by atoms with Crippen molar-refractivity contribution in [2.45, 2.75) is 31.8 Å². The van der Waals surface area contributed by atoms with Crippen LogP contribution in [0.5, 0.6) is 5.75 Å². The molecule has 0 radical (unpaired) electrons. The molecule has 5 N–H and O–H groups in total. The van der Waals surface area contributed by atoms with Gasteiger partial charge in [0.2, 0.25) is 11.8 Å². The lowest BCUT2D eigenvalue weighted by atomic mass is 9.95. The molecule has 2 atom stereocenters. The van der Waals surface area contributed by atoms with Crippen LogP contribution in [0.1, 0.15) is 51.4 Å². The largest absolute Gasteiger partial charge is 0.494 e. The molecule has 0 fully saturated rings. The summed E-state index contributed by atoms with van der Waals surface area (Å²) in [6, 6.07) is 26.2. The molecule has 5 rings (SSSR count). The number of pyridine rings is 1. The van der Waals surface area contributed by atoms with E-state index in [0.717, 1.165) is 26.8 Å². The predicted octanol–water partition coefficient (Wildman–Crippen LogP) is 4.88. The minimum absolute atomic E-state index is 0.0536. The maximum atomic E-state index is 13.9. The van der Waals surface area contributed by atoms with E-state index in [9.17, 15) is 14.4 Å². The molecule has 46 heavy (non-hydrogen) atoms. The van der Waals surface area contributed by atoms with Crippen molar-refractivity contribution < 1.29 is 19.1 Å². The van der Waals surface area contributed by atoms with Gasteiger partial charge in [0.1, 0.15) is 5.75 Å². The maximum absolute atomic E-state index is 13.9. The first-order valence-corrected chi connectivity index (χ1v) is 16.0. The minimum atomic E-state index is -0.717. The highest BCUT2D eigenvalue weighted by Gasteiger charge is 2.27. The normalized spacial score (nSPS) is 12.2. The van der Waals surface area contributed by atoms with Gasteiger partial charge in [-0.3, -0.25) is 19.4 Å². The van der Waals surface area contributed by atoms with E-state index in [-0.39, 0.29) is 30.8 Å². The summed E-state index contributed by atoms with van der Waals surface area (Å²) < 4.78 is 6.64. The van der Waals surface area contributed by atoms with Gasteiger partial charge in [-0.05, 0) is 70.3 Å². The average Bonchev–Trinajstić information content (AvgIpc) is 3.52. The third-order valence-corrected chi connectivity index (χ3v) is 8.71. The number of hydrogen-bond acceptors (Lipinski definition) is 7. The Kier molecular flexibility index (Phi) is 11.1. The van der Waals surface area contributed by atoms with Crippen molar-refractivity contribution in [2.75, 3.05) is 19.7 Å². The highest BCUT2D eigenvalue weighted by atomic mass is 32.1. The van der Waals surface area contributed by atoms with Crippen LogP contribution in [0.25, 0.3) is 10.1 Å². The molecule has 0 saturated heterocycles. The number of amides is 3. The summed E-state index contributed by atoms with van der Waals surface area (Å²) in [5, 5.41) is 11.9. The number of carbonyl (C=O) groups excluding carboxylic acids is 3. The lowest BCUT2D eigenvalue weighted by Crippen LogP contribution is -2.41. The van der Waals surface area contributed by atoms with Gasteiger partial charge in [0, 0.05) is 48.8 Å². The molecule has 3 aromatic carbocycles. The summed E-state index contributed by atoms with van der Waals surface area (Å²) in [6.45, 7) is 3.34. The van der Waals surface area contributed by atoms with E-state index in [1.807, 2.05) is 73.0 Å². The third-order valence-electron chi connectivity index (χ3n) is 7.73. The van der Waals surface area contributed by atoms with E-state index in [2.05, 4.69) is 20.9 Å². The number of thiophene rings is 1. The molecule has 5 aromatic rings. The number of rotatable bonds is 14. The smallest absolute Gasteiger partial charge is 0.251 e. The van der Waals surface area contributed by atoms with E-state index < -0.39 is 11.8 Å². The van der Waals surface area contributed by atoms with Gasteiger partial charge in [0.25, 0.3) is 5.91 Å². The first-order chi connectivity index (χ1) is 22.5. The summed E-state index contributed by atoms with van der Waals surface area (Å²) in [5.41, 5.74) is 9.69. The molecule has 236 valence electrons. The van der Waals surface area contributed by atoms with Crippen molar-refractivity contribution in [1.82, 2.24) is 20.9 Å². The average molecular weight is 636 g/mol. The molecular weight excluding hydrogens is 598 g/mol. The Hall–Kier alpha value is -5.06. The van der Waals surface area contributed by atoms with Gasteiger partial charge in [-0.2, -0.15) is 0 Å². The summed E-state index contributed by atoms with van der Waals surface area (Å²) in [5.74, 6) is -1.50. The molecule has 0 saturated carbocycles. The van der Waals surface area contributed by atoms with E-state index in [4.69, 9.17) is 10.5 Å². The molecule has 0 aliphatic rings. The summed E-state index contributed by atoms with van der Waals surface area (Å²) in [7, 11) is 0. The molecule has 0 spiro atoms. The second-order valence-corrected chi connectivity index (χ2v) is 11.6. The Morgan fingerprint density at radius 2 is 1.48 bits per heavy atom. The number of carbonyl (C=O) groups is 3. The van der Waals surface area contributed by atoms with E-state index in [1.54, 1.807) is 48.0 Å². The van der Waals surface area contributed by atoms with E-state index >= 15 is 0 Å². The first kappa shape index (κ1) is 32.3. The molecule has 2 heterocycles. The van der Waals surface area contributed by atoms with Gasteiger partial charge in [0.15, 0.2) is 0 Å². The Morgan fingerprint density at radius 3 is 2.20 bits per heavy atom. The van der Waals surface area contributed by atoms with Crippen molar-refractivity contribution in [3.8, 4) is 5.75 Å². The number of nitrogens with two attached hydrogens (primary N) is 1. The molecule has 0 aliphatic carbocycles. The molecule has 0 bridgehead atoms. The fraction of sp³-hybridized carbons (Fsp3) is 0.222. The molecule has 3 amide bonds. The van der Waals surface area contributed by atoms with Crippen molar-refractivity contribution in [1.29, 1.82) is 0 Å². The van der Waals surface area contributed by atoms with E-state index in [0.29, 0.717) is 36.6 Å². The van der Waals surface area contributed by atoms with Crippen molar-refractivity contribution in [2.24, 2.45) is 5.73 Å². The van der Waals surface area contributed by atoms with Crippen LogP contribution in [0.15, 0.2) is 103 Å². The van der Waals surface area contributed by atoms with Crippen LogP contribution < -0.4 is 26.4 Å². The van der Waals surface area contributed by atoms with Gasteiger partial charge < -0.3 is 26.4 Å². The van der Waals surface area contributed by atoms with Crippen LogP contribution >= 0.6 is 11.3 Å². The Labute approximate surface area is 272 Å². The topological polar surface area (TPSA) is 135 Å². The molecule has 2 aromatic heterocycles. The molecule has 0 unspecified atom stereocenters. The Bertz CT molecular complexity index is 1760. The molecule has 0 aliphatic heterocycles. The van der Waals surface area contributed by atoms with Crippen LogP contribution in [0.3, 0.4) is 0 Å². The zero-order valence-electron chi connectivity index (χ0n) is 25.6. The predicted molar refractivity (Wildman–Crippen MR) is 181 cm³/mol. The summed E-state index contributed by atoms with van der Waals surface area (Å²) in [4.78, 5) is 44.4. The van der Waals surface area contributed by atoms with Crippen LogP contribution in [0.4, 0.5) is 0 Å². The number of hydrogen-bond donors (Lipinski definition) is 4. The summed E-state index contributed by atoms with van der Waals surface area (Å²) in [6.07, 6.45) is 3.08. The van der Waals surface area contributed by atoms with Crippen LogP contribution in [0.2, 0.25) is 0 Å². The highest BCUT2D eigenvalue weighted by Crippen LogP contribution is 2.32. The standard InChI is InChI=1S/C36H37N5O4S/c1-2-45-28-13-11-26(12-14-28)30(21-40-34(42)27-15-17-38-18-16-27)35(43)41-22-31(32-23-46-33-6-4-3-5-29(32)33)36(44)39-20-25-9-7-24(19-37)8-10-25/h3-18,23,30-31H,2,19-22,37H2,1H3,(H,39,44)(H,40,42)(H,41,43)/t30-,31+/m1/s1. The number of fused-ring (bicyclic) bond motifs is 1. The second-order valence-electron chi connectivity index (χ2n) is 10.7. The Balaban J connectivity index is 1.35. The van der Waals surface area contributed by atoms with E-state index in [1.165, 1.54) is 0 Å². The number of nitrogens with zero attached hydrogens (tertiary/aromatic N) is 1. The number of nitrogens with one attached hydrogen (secondary N) is 3. The van der Waals surface area contributed by atoms with Crippen molar-refractivity contribution >= 4 is 39.1 Å². The molecular formula is C36H37N5O4S. The lowest BCUT2D eigenvalue weighted by molar-refractivity contribution is -0.124. The lowest BCUT2D eigenvalue weighted by Gasteiger charge is -2.22. The Morgan fingerprint density at radius 1 is 0.804 bits per heavy atom. The minimum Gasteiger partial charge on any atom is -0.494 e. The number of aromatic nitrogens is 1. The van der Waals surface area contributed by atoms with Gasteiger partial charge in [-0.15, -0.1) is 11.3 Å². The summed E-state index contributed by atoms with van der Waals surface area (Å²) >= 11 is 1.56. The van der Waals surface area contributed by atoms with Crippen LogP contribution in [-0.2, 0) is 22.7 Å². The monoisotopic (exact) mass is 635 g/mol. The second kappa shape index (κ2) is 15.8. The first-order valence-electron chi connectivity index (χ1n) is 15.2.